The lowest BCUT2D eigenvalue weighted by atomic mass is 10.2. The van der Waals surface area contributed by atoms with Crippen LogP contribution in [0.15, 0.2) is 48.5 Å². The van der Waals surface area contributed by atoms with Crippen LogP contribution in [0.2, 0.25) is 0 Å². The van der Waals surface area contributed by atoms with E-state index in [2.05, 4.69) is 10.6 Å². The summed E-state index contributed by atoms with van der Waals surface area (Å²) in [5.74, 6) is 0.262. The third-order valence-electron chi connectivity index (χ3n) is 3.05. The van der Waals surface area contributed by atoms with Crippen LogP contribution in [0.1, 0.15) is 24.2 Å². The van der Waals surface area contributed by atoms with Crippen molar-refractivity contribution in [2.75, 3.05) is 17.7 Å². The lowest BCUT2D eigenvalue weighted by molar-refractivity contribution is 0.0378. The van der Waals surface area contributed by atoms with Gasteiger partial charge >= 0.3 is 12.0 Å². The Kier molecular flexibility index (Phi) is 5.78. The molecule has 0 aliphatic heterocycles. The zero-order valence-electron chi connectivity index (χ0n) is 13.8. The van der Waals surface area contributed by atoms with Crippen molar-refractivity contribution in [3.05, 3.63) is 54.1 Å². The van der Waals surface area contributed by atoms with Crippen LogP contribution in [-0.2, 0) is 4.74 Å². The molecule has 2 N–H and O–H groups in total. The number of esters is 1. The average molecular weight is 328 g/mol. The van der Waals surface area contributed by atoms with Gasteiger partial charge in [-0.2, -0.15) is 0 Å². The number of amides is 2. The van der Waals surface area contributed by atoms with E-state index in [0.29, 0.717) is 22.7 Å². The van der Waals surface area contributed by atoms with Gasteiger partial charge in [0.2, 0.25) is 0 Å². The van der Waals surface area contributed by atoms with E-state index in [9.17, 15) is 9.59 Å². The van der Waals surface area contributed by atoms with Crippen molar-refractivity contribution in [3.63, 3.8) is 0 Å². The van der Waals surface area contributed by atoms with Crippen molar-refractivity contribution in [2.24, 2.45) is 0 Å². The summed E-state index contributed by atoms with van der Waals surface area (Å²) in [7, 11) is 1.56. The monoisotopic (exact) mass is 328 g/mol. The fraction of sp³-hybridized carbons (Fsp3) is 0.222. The topological polar surface area (TPSA) is 76.7 Å². The molecule has 0 aliphatic carbocycles. The third kappa shape index (κ3) is 5.01. The minimum atomic E-state index is -0.391. The predicted molar refractivity (Wildman–Crippen MR) is 92.6 cm³/mol. The van der Waals surface area contributed by atoms with Gasteiger partial charge in [-0.3, -0.25) is 0 Å². The molecule has 2 aromatic carbocycles. The molecule has 0 heterocycles. The van der Waals surface area contributed by atoms with Crippen LogP contribution < -0.4 is 15.4 Å². The predicted octanol–water partition coefficient (Wildman–Crippen LogP) is 3.90. The molecule has 0 saturated carbocycles. The van der Waals surface area contributed by atoms with Gasteiger partial charge in [0.15, 0.2) is 0 Å². The Bertz CT molecular complexity index is 711. The molecule has 0 aliphatic rings. The van der Waals surface area contributed by atoms with Crippen molar-refractivity contribution < 1.29 is 19.1 Å². The number of nitrogens with one attached hydrogen (secondary N) is 2. The number of methoxy groups -OCH3 is 1. The minimum Gasteiger partial charge on any atom is -0.497 e. The Balaban J connectivity index is 1.95. The fourth-order valence-corrected chi connectivity index (χ4v) is 1.97. The molecule has 0 spiro atoms. The maximum Gasteiger partial charge on any atom is 0.338 e. The van der Waals surface area contributed by atoms with Crippen molar-refractivity contribution in [2.45, 2.75) is 20.0 Å². The van der Waals surface area contributed by atoms with Crippen LogP contribution >= 0.6 is 0 Å². The molecule has 0 fully saturated rings. The summed E-state index contributed by atoms with van der Waals surface area (Å²) < 4.78 is 10.2. The molecular weight excluding hydrogens is 308 g/mol. The Hall–Kier alpha value is -3.02. The minimum absolute atomic E-state index is 0.177. The summed E-state index contributed by atoms with van der Waals surface area (Å²) in [6.45, 7) is 3.58. The van der Waals surface area contributed by atoms with Crippen molar-refractivity contribution in [1.29, 1.82) is 0 Å². The maximum atomic E-state index is 12.0. The van der Waals surface area contributed by atoms with Gasteiger partial charge in [0.25, 0.3) is 0 Å². The van der Waals surface area contributed by atoms with E-state index in [1.165, 1.54) is 0 Å². The molecule has 6 heteroatoms. The summed E-state index contributed by atoms with van der Waals surface area (Å²) in [6, 6.07) is 13.1. The number of carbonyl (C=O) groups excluding carboxylic acids is 2. The molecular formula is C18H20N2O4. The lowest BCUT2D eigenvalue weighted by Crippen LogP contribution is -2.19. The number of rotatable bonds is 5. The standard InChI is InChI=1S/C18H20N2O4/c1-12(2)24-17(21)13-7-9-14(10-8-13)19-18(22)20-15-5-4-6-16(11-15)23-3/h4-12H,1-3H3,(H2,19,20,22). The summed E-state index contributed by atoms with van der Waals surface area (Å²) >= 11 is 0. The van der Waals surface area contributed by atoms with E-state index in [4.69, 9.17) is 9.47 Å². The second-order valence-electron chi connectivity index (χ2n) is 5.34. The highest BCUT2D eigenvalue weighted by molar-refractivity contribution is 6.00. The smallest absolute Gasteiger partial charge is 0.338 e. The second kappa shape index (κ2) is 8.01. The van der Waals surface area contributed by atoms with Crippen LogP contribution in [-0.4, -0.2) is 25.2 Å². The molecule has 24 heavy (non-hydrogen) atoms. The number of ether oxygens (including phenoxy) is 2. The van der Waals surface area contributed by atoms with Gasteiger partial charge in [-0.25, -0.2) is 9.59 Å². The first-order valence-corrected chi connectivity index (χ1v) is 7.51. The van der Waals surface area contributed by atoms with Crippen LogP contribution in [0.25, 0.3) is 0 Å². The molecule has 0 aromatic heterocycles. The first-order valence-electron chi connectivity index (χ1n) is 7.51. The lowest BCUT2D eigenvalue weighted by Gasteiger charge is -2.10. The molecule has 0 atom stereocenters. The van der Waals surface area contributed by atoms with Crippen LogP contribution in [0, 0.1) is 0 Å². The Morgan fingerprint density at radius 2 is 1.62 bits per heavy atom. The normalized spacial score (nSPS) is 10.2. The van der Waals surface area contributed by atoms with Gasteiger partial charge in [-0.05, 0) is 50.2 Å². The zero-order valence-corrected chi connectivity index (χ0v) is 13.8. The summed E-state index contributed by atoms with van der Waals surface area (Å²) in [6.07, 6.45) is -0.177. The summed E-state index contributed by atoms with van der Waals surface area (Å²) in [4.78, 5) is 23.7. The van der Waals surface area contributed by atoms with Crippen molar-refractivity contribution in [3.8, 4) is 5.75 Å². The quantitative estimate of drug-likeness (QED) is 0.816. The third-order valence-corrected chi connectivity index (χ3v) is 3.05. The first-order chi connectivity index (χ1) is 11.5. The molecule has 126 valence electrons. The van der Waals surface area contributed by atoms with Crippen LogP contribution in [0.5, 0.6) is 5.75 Å². The van der Waals surface area contributed by atoms with Crippen molar-refractivity contribution >= 4 is 23.4 Å². The SMILES string of the molecule is COc1cccc(NC(=O)Nc2ccc(C(=O)OC(C)C)cc2)c1. The second-order valence-corrected chi connectivity index (χ2v) is 5.34. The van der Waals surface area contributed by atoms with Gasteiger partial charge in [0, 0.05) is 17.4 Å². The van der Waals surface area contributed by atoms with E-state index < -0.39 is 5.97 Å². The van der Waals surface area contributed by atoms with E-state index in [-0.39, 0.29) is 12.1 Å². The average Bonchev–Trinajstić information content (AvgIpc) is 2.55. The first kappa shape index (κ1) is 17.3. The van der Waals surface area contributed by atoms with Crippen molar-refractivity contribution in [1.82, 2.24) is 0 Å². The van der Waals surface area contributed by atoms with E-state index in [1.807, 2.05) is 0 Å². The molecule has 0 bridgehead atoms. The molecule has 2 amide bonds. The molecule has 2 aromatic rings. The Morgan fingerprint density at radius 1 is 0.958 bits per heavy atom. The highest BCUT2D eigenvalue weighted by Crippen LogP contribution is 2.17. The number of benzene rings is 2. The molecule has 0 saturated heterocycles. The number of carbonyl (C=O) groups is 2. The number of anilines is 2. The van der Waals surface area contributed by atoms with Gasteiger partial charge in [0.05, 0.1) is 18.8 Å². The summed E-state index contributed by atoms with van der Waals surface area (Å²) in [5, 5.41) is 5.40. The number of hydrogen-bond donors (Lipinski definition) is 2. The largest absolute Gasteiger partial charge is 0.497 e. The number of hydrogen-bond acceptors (Lipinski definition) is 4. The fourth-order valence-electron chi connectivity index (χ4n) is 1.97. The molecule has 0 radical (unpaired) electrons. The Morgan fingerprint density at radius 3 is 2.25 bits per heavy atom. The highest BCUT2D eigenvalue weighted by Gasteiger charge is 2.09. The van der Waals surface area contributed by atoms with Gasteiger partial charge in [-0.1, -0.05) is 6.07 Å². The van der Waals surface area contributed by atoms with Gasteiger partial charge < -0.3 is 20.1 Å². The highest BCUT2D eigenvalue weighted by atomic mass is 16.5. The molecule has 6 nitrogen and oxygen atoms in total. The van der Waals surface area contributed by atoms with E-state index in [0.717, 1.165) is 0 Å². The molecule has 0 unspecified atom stereocenters. The van der Waals surface area contributed by atoms with Gasteiger partial charge in [0.1, 0.15) is 5.75 Å². The maximum absolute atomic E-state index is 12.0. The van der Waals surface area contributed by atoms with Crippen LogP contribution in [0.4, 0.5) is 16.2 Å². The summed E-state index contributed by atoms with van der Waals surface area (Å²) in [5.41, 5.74) is 1.61. The van der Waals surface area contributed by atoms with Crippen LogP contribution in [0.3, 0.4) is 0 Å². The van der Waals surface area contributed by atoms with E-state index in [1.54, 1.807) is 69.5 Å². The zero-order chi connectivity index (χ0) is 17.5. The number of urea groups is 1. The molecule has 2 rings (SSSR count). The van der Waals surface area contributed by atoms with E-state index >= 15 is 0 Å². The Labute approximate surface area is 140 Å². The van der Waals surface area contributed by atoms with Gasteiger partial charge in [-0.15, -0.1) is 0 Å².